The maximum Gasteiger partial charge on any atom is 0.253 e. The summed E-state index contributed by atoms with van der Waals surface area (Å²) in [6.45, 7) is 6.07. The standard InChI is InChI=1S/C28H34N2O6/c1-18(2)26(31)29-24-20-6-4-5-7-21(20)28(25(24)34-15-14-33-3)10-12-30(13-11-28)27(32)19-8-9-22-23(16-19)36-17-35-22/h4-9,16,18,24-25H,10-15,17H2,1-3H3,(H,29,31)/t24-,25+/m1/s1. The summed E-state index contributed by atoms with van der Waals surface area (Å²) in [5, 5.41) is 3.26. The van der Waals surface area contributed by atoms with E-state index in [0.717, 1.165) is 18.4 Å². The third-order valence-corrected chi connectivity index (χ3v) is 7.65. The van der Waals surface area contributed by atoms with Crippen LogP contribution in [-0.4, -0.2) is 63.0 Å². The number of nitrogens with zero attached hydrogens (tertiary/aromatic N) is 1. The molecule has 3 aliphatic rings. The number of amides is 2. The molecular formula is C28H34N2O6. The van der Waals surface area contributed by atoms with Gasteiger partial charge < -0.3 is 29.2 Å². The van der Waals surface area contributed by atoms with E-state index >= 15 is 0 Å². The highest BCUT2D eigenvalue weighted by Gasteiger charge is 2.54. The fourth-order valence-electron chi connectivity index (χ4n) is 5.72. The van der Waals surface area contributed by atoms with Crippen LogP contribution in [0.2, 0.25) is 0 Å². The number of carbonyl (C=O) groups is 2. The van der Waals surface area contributed by atoms with Crippen molar-refractivity contribution in [2.75, 3.05) is 40.2 Å². The number of piperidine rings is 1. The molecule has 8 nitrogen and oxygen atoms in total. The smallest absolute Gasteiger partial charge is 0.253 e. The highest BCUT2D eigenvalue weighted by atomic mass is 16.7. The van der Waals surface area contributed by atoms with E-state index < -0.39 is 0 Å². The van der Waals surface area contributed by atoms with Crippen molar-refractivity contribution in [1.82, 2.24) is 10.2 Å². The molecule has 2 amide bonds. The number of hydrogen-bond acceptors (Lipinski definition) is 6. The second-order valence-electron chi connectivity index (χ2n) is 10.0. The second kappa shape index (κ2) is 10.1. The molecule has 1 aliphatic carbocycles. The van der Waals surface area contributed by atoms with Gasteiger partial charge in [0.1, 0.15) is 0 Å². The number of nitrogens with one attached hydrogen (secondary N) is 1. The van der Waals surface area contributed by atoms with Gasteiger partial charge in [-0.1, -0.05) is 38.1 Å². The molecule has 0 aromatic heterocycles. The molecule has 2 aromatic carbocycles. The maximum absolute atomic E-state index is 13.4. The molecule has 8 heteroatoms. The lowest BCUT2D eigenvalue weighted by atomic mass is 9.71. The van der Waals surface area contributed by atoms with Crippen molar-refractivity contribution in [1.29, 1.82) is 0 Å². The van der Waals surface area contributed by atoms with Crippen molar-refractivity contribution in [2.45, 2.75) is 44.2 Å². The van der Waals surface area contributed by atoms with Gasteiger partial charge in [-0.2, -0.15) is 0 Å². The minimum atomic E-state index is -0.301. The molecule has 0 bridgehead atoms. The molecule has 36 heavy (non-hydrogen) atoms. The first-order valence-corrected chi connectivity index (χ1v) is 12.6. The zero-order chi connectivity index (χ0) is 25.3. The third kappa shape index (κ3) is 4.33. The molecule has 1 saturated heterocycles. The predicted octanol–water partition coefficient (Wildman–Crippen LogP) is 3.45. The van der Waals surface area contributed by atoms with Crippen LogP contribution in [0, 0.1) is 5.92 Å². The van der Waals surface area contributed by atoms with E-state index in [1.165, 1.54) is 5.56 Å². The summed E-state index contributed by atoms with van der Waals surface area (Å²) < 4.78 is 22.6. The van der Waals surface area contributed by atoms with Gasteiger partial charge in [0.05, 0.1) is 25.4 Å². The SMILES string of the molecule is COCCO[C@H]1[C@H](NC(=O)C(C)C)c2ccccc2C12CCN(C(=O)c1ccc3c(c1)OCO3)CC2. The van der Waals surface area contributed by atoms with Crippen molar-refractivity contribution in [2.24, 2.45) is 5.92 Å². The van der Waals surface area contributed by atoms with Crippen molar-refractivity contribution in [3.63, 3.8) is 0 Å². The molecule has 1 spiro atoms. The van der Waals surface area contributed by atoms with Crippen LogP contribution in [0.5, 0.6) is 11.5 Å². The largest absolute Gasteiger partial charge is 0.454 e. The normalized spacial score (nSPS) is 21.6. The van der Waals surface area contributed by atoms with Gasteiger partial charge in [0.25, 0.3) is 5.91 Å². The molecule has 192 valence electrons. The van der Waals surface area contributed by atoms with Crippen LogP contribution >= 0.6 is 0 Å². The minimum Gasteiger partial charge on any atom is -0.454 e. The number of benzene rings is 2. The van der Waals surface area contributed by atoms with Crippen LogP contribution in [0.3, 0.4) is 0 Å². The van der Waals surface area contributed by atoms with E-state index in [9.17, 15) is 9.59 Å². The predicted molar refractivity (Wildman–Crippen MR) is 133 cm³/mol. The van der Waals surface area contributed by atoms with Gasteiger partial charge in [0.2, 0.25) is 12.7 Å². The summed E-state index contributed by atoms with van der Waals surface area (Å²) in [4.78, 5) is 28.0. The highest BCUT2D eigenvalue weighted by Crippen LogP contribution is 2.52. The van der Waals surface area contributed by atoms with Gasteiger partial charge in [-0.15, -0.1) is 0 Å². The van der Waals surface area contributed by atoms with Gasteiger partial charge in [-0.3, -0.25) is 9.59 Å². The zero-order valence-corrected chi connectivity index (χ0v) is 21.1. The van der Waals surface area contributed by atoms with Crippen LogP contribution in [0.15, 0.2) is 42.5 Å². The number of fused-ring (bicyclic) bond motifs is 3. The lowest BCUT2D eigenvalue weighted by Crippen LogP contribution is -2.52. The third-order valence-electron chi connectivity index (χ3n) is 7.65. The van der Waals surface area contributed by atoms with E-state index in [2.05, 4.69) is 17.4 Å². The summed E-state index contributed by atoms with van der Waals surface area (Å²) >= 11 is 0. The molecule has 0 radical (unpaired) electrons. The van der Waals surface area contributed by atoms with Crippen LogP contribution in [0.4, 0.5) is 0 Å². The number of carbonyl (C=O) groups excluding carboxylic acids is 2. The fraction of sp³-hybridized carbons (Fsp3) is 0.500. The Morgan fingerprint density at radius 2 is 1.83 bits per heavy atom. The van der Waals surface area contributed by atoms with Gasteiger partial charge in [0, 0.05) is 37.1 Å². The summed E-state index contributed by atoms with van der Waals surface area (Å²) in [5.74, 6) is 1.12. The zero-order valence-electron chi connectivity index (χ0n) is 21.1. The van der Waals surface area contributed by atoms with Gasteiger partial charge in [-0.25, -0.2) is 0 Å². The van der Waals surface area contributed by atoms with Gasteiger partial charge >= 0.3 is 0 Å². The molecule has 0 saturated carbocycles. The highest BCUT2D eigenvalue weighted by molar-refractivity contribution is 5.95. The average molecular weight is 495 g/mol. The van der Waals surface area contributed by atoms with Crippen LogP contribution < -0.4 is 14.8 Å². The monoisotopic (exact) mass is 494 g/mol. The quantitative estimate of drug-likeness (QED) is 0.594. The Labute approximate surface area is 211 Å². The first kappa shape index (κ1) is 24.6. The van der Waals surface area contributed by atoms with E-state index in [1.807, 2.05) is 30.9 Å². The average Bonchev–Trinajstić information content (AvgIpc) is 3.46. The van der Waals surface area contributed by atoms with Crippen LogP contribution in [-0.2, 0) is 19.7 Å². The fourth-order valence-corrected chi connectivity index (χ4v) is 5.72. The Morgan fingerprint density at radius 1 is 1.08 bits per heavy atom. The van der Waals surface area contributed by atoms with Crippen LogP contribution in [0.25, 0.3) is 0 Å². The lowest BCUT2D eigenvalue weighted by Gasteiger charge is -2.44. The molecule has 1 fully saturated rings. The number of hydrogen-bond donors (Lipinski definition) is 1. The second-order valence-corrected chi connectivity index (χ2v) is 10.0. The molecule has 5 rings (SSSR count). The van der Waals surface area contributed by atoms with E-state index in [4.69, 9.17) is 18.9 Å². The molecule has 2 aliphatic heterocycles. The first-order chi connectivity index (χ1) is 17.4. The Morgan fingerprint density at radius 3 is 2.58 bits per heavy atom. The number of ether oxygens (including phenoxy) is 4. The minimum absolute atomic E-state index is 0.00242. The molecule has 0 unspecified atom stereocenters. The molecular weight excluding hydrogens is 460 g/mol. The van der Waals surface area contributed by atoms with E-state index in [0.29, 0.717) is 43.4 Å². The number of methoxy groups -OCH3 is 1. The summed E-state index contributed by atoms with van der Waals surface area (Å²) in [7, 11) is 1.65. The molecule has 2 atom stereocenters. The number of likely N-dealkylation sites (tertiary alicyclic amines) is 1. The summed E-state index contributed by atoms with van der Waals surface area (Å²) in [6.07, 6.45) is 1.24. The maximum atomic E-state index is 13.4. The Bertz CT molecular complexity index is 1120. The lowest BCUT2D eigenvalue weighted by molar-refractivity contribution is -0.127. The van der Waals surface area contributed by atoms with Gasteiger partial charge in [-0.05, 0) is 42.2 Å². The molecule has 2 heterocycles. The number of rotatable bonds is 7. The van der Waals surface area contributed by atoms with E-state index in [1.54, 1.807) is 25.3 Å². The topological polar surface area (TPSA) is 86.3 Å². The van der Waals surface area contributed by atoms with Crippen LogP contribution in [0.1, 0.15) is 54.2 Å². The Hall–Kier alpha value is -3.10. The van der Waals surface area contributed by atoms with Crippen molar-refractivity contribution < 1.29 is 28.5 Å². The van der Waals surface area contributed by atoms with E-state index in [-0.39, 0.29) is 42.1 Å². The molecule has 2 aromatic rings. The van der Waals surface area contributed by atoms with Crippen molar-refractivity contribution >= 4 is 11.8 Å². The Balaban J connectivity index is 1.40. The summed E-state index contributed by atoms with van der Waals surface area (Å²) in [6, 6.07) is 13.4. The van der Waals surface area contributed by atoms with Gasteiger partial charge in [0.15, 0.2) is 11.5 Å². The molecule has 1 N–H and O–H groups in total. The summed E-state index contributed by atoms with van der Waals surface area (Å²) in [5.41, 5.74) is 2.60. The Kier molecular flexibility index (Phi) is 6.90. The first-order valence-electron chi connectivity index (χ1n) is 12.6. The van der Waals surface area contributed by atoms with Crippen molar-refractivity contribution in [3.8, 4) is 11.5 Å². The van der Waals surface area contributed by atoms with Crippen molar-refractivity contribution in [3.05, 3.63) is 59.2 Å².